The summed E-state index contributed by atoms with van der Waals surface area (Å²) in [7, 11) is 0. The molecule has 0 saturated carbocycles. The molecule has 4 nitrogen and oxygen atoms in total. The van der Waals surface area contributed by atoms with Crippen molar-refractivity contribution in [3.8, 4) is 0 Å². The van der Waals surface area contributed by atoms with Crippen molar-refractivity contribution in [2.75, 3.05) is 0 Å². The summed E-state index contributed by atoms with van der Waals surface area (Å²) < 4.78 is 4.86. The molecule has 0 aromatic heterocycles. The van der Waals surface area contributed by atoms with Gasteiger partial charge in [-0.25, -0.2) is 0 Å². The highest BCUT2D eigenvalue weighted by molar-refractivity contribution is 5.80. The second kappa shape index (κ2) is 2.88. The zero-order valence-corrected chi connectivity index (χ0v) is 7.68. The smallest absolute Gasteiger partial charge is 0.298 e. The Labute approximate surface area is 84.9 Å². The lowest BCUT2D eigenvalue weighted by molar-refractivity contribution is -0.122. The normalized spacial score (nSPS) is 14.8. The summed E-state index contributed by atoms with van der Waals surface area (Å²) in [6, 6.07) is 3.81. The van der Waals surface area contributed by atoms with Crippen molar-refractivity contribution in [2.24, 2.45) is 10.2 Å². The molecule has 1 aromatic carbocycles. The van der Waals surface area contributed by atoms with E-state index in [9.17, 15) is 4.79 Å². The van der Waals surface area contributed by atoms with Crippen molar-refractivity contribution in [3.05, 3.63) is 34.2 Å². The van der Waals surface area contributed by atoms with Crippen molar-refractivity contribution in [1.29, 1.82) is 0 Å². The Morgan fingerprint density at radius 1 is 1.27 bits per heavy atom. The molecule has 0 radical (unpaired) electrons. The number of hydrogen-bond acceptors (Lipinski definition) is 4. The average molecular weight is 198 g/mol. The van der Waals surface area contributed by atoms with E-state index < -0.39 is 0 Å². The molecule has 0 saturated heterocycles. The molecule has 3 rings (SSSR count). The van der Waals surface area contributed by atoms with Crippen molar-refractivity contribution in [3.63, 3.8) is 0 Å². The monoisotopic (exact) mass is 198 g/mol. The molecule has 0 N–H and O–H groups in total. The van der Waals surface area contributed by atoms with E-state index in [-0.39, 0.29) is 0 Å². The van der Waals surface area contributed by atoms with E-state index in [4.69, 9.17) is 4.74 Å². The standard InChI is InChI=1S/C11H6N2O2/c14-6-15-10-4-3-9-8(10)2-1-7-5-12-13-11(7)9/h1-6H. The van der Waals surface area contributed by atoms with Crippen molar-refractivity contribution in [1.82, 2.24) is 0 Å². The summed E-state index contributed by atoms with van der Waals surface area (Å²) in [6.07, 6.45) is 5.35. The number of carbonyl (C=O) groups is 1. The summed E-state index contributed by atoms with van der Waals surface area (Å²) in [5, 5.41) is 9.75. The first-order valence-electron chi connectivity index (χ1n) is 4.47. The fraction of sp³-hybridized carbons (Fsp3) is 0. The minimum atomic E-state index is 0.426. The SMILES string of the molecule is O=COC1=c2ccc3c(c2C=C1)N=NC=3. The van der Waals surface area contributed by atoms with E-state index in [0.717, 1.165) is 21.7 Å². The minimum Gasteiger partial charge on any atom is -0.428 e. The zero-order chi connectivity index (χ0) is 10.3. The van der Waals surface area contributed by atoms with Gasteiger partial charge in [0, 0.05) is 16.0 Å². The summed E-state index contributed by atoms with van der Waals surface area (Å²) in [4.78, 5) is 10.3. The van der Waals surface area contributed by atoms with E-state index >= 15 is 0 Å². The van der Waals surface area contributed by atoms with Gasteiger partial charge >= 0.3 is 0 Å². The largest absolute Gasteiger partial charge is 0.428 e. The van der Waals surface area contributed by atoms with Crippen molar-refractivity contribution >= 4 is 30.2 Å². The number of fused-ring (bicyclic) bond motifs is 3. The molecule has 1 aliphatic carbocycles. The van der Waals surface area contributed by atoms with Crippen LogP contribution in [-0.2, 0) is 9.53 Å². The number of hydrogen-bond donors (Lipinski definition) is 0. The van der Waals surface area contributed by atoms with E-state index in [1.807, 2.05) is 18.2 Å². The Balaban J connectivity index is 2.35. The van der Waals surface area contributed by atoms with Crippen LogP contribution in [0.5, 0.6) is 0 Å². The Morgan fingerprint density at radius 3 is 3.07 bits per heavy atom. The number of azo groups is 1. The van der Waals surface area contributed by atoms with Gasteiger partial charge in [0.15, 0.2) is 0 Å². The van der Waals surface area contributed by atoms with E-state index in [1.165, 1.54) is 0 Å². The minimum absolute atomic E-state index is 0.426. The number of rotatable bonds is 2. The molecule has 0 unspecified atom stereocenters. The Kier molecular flexibility index (Phi) is 1.56. The second-order valence-corrected chi connectivity index (χ2v) is 3.22. The predicted octanol–water partition coefficient (Wildman–Crippen LogP) is 0.830. The highest BCUT2D eigenvalue weighted by Crippen LogP contribution is 2.21. The van der Waals surface area contributed by atoms with Gasteiger partial charge in [-0.2, -0.15) is 5.11 Å². The highest BCUT2D eigenvalue weighted by Gasteiger charge is 2.13. The van der Waals surface area contributed by atoms with Gasteiger partial charge < -0.3 is 4.74 Å². The molecule has 1 aromatic rings. The molecule has 0 amide bonds. The van der Waals surface area contributed by atoms with Crippen LogP contribution in [0.15, 0.2) is 28.4 Å². The molecule has 0 spiro atoms. The Bertz CT molecular complexity index is 627. The summed E-state index contributed by atoms with van der Waals surface area (Å²) in [6.45, 7) is 0.426. The predicted molar refractivity (Wildman–Crippen MR) is 54.3 cm³/mol. The Hall–Kier alpha value is -2.23. The van der Waals surface area contributed by atoms with Crippen LogP contribution in [-0.4, -0.2) is 6.47 Å². The van der Waals surface area contributed by atoms with Gasteiger partial charge in [-0.1, -0.05) is 6.07 Å². The second-order valence-electron chi connectivity index (χ2n) is 3.22. The molecule has 1 aliphatic heterocycles. The van der Waals surface area contributed by atoms with Crippen LogP contribution in [0.1, 0.15) is 5.56 Å². The fourth-order valence-electron chi connectivity index (χ4n) is 1.78. The average Bonchev–Trinajstić information content (AvgIpc) is 2.83. The summed E-state index contributed by atoms with van der Waals surface area (Å²) in [5.41, 5.74) is 1.80. The van der Waals surface area contributed by atoms with Crippen molar-refractivity contribution < 1.29 is 9.53 Å². The van der Waals surface area contributed by atoms with Gasteiger partial charge in [-0.05, 0) is 18.2 Å². The molecule has 4 heteroatoms. The first kappa shape index (κ1) is 8.11. The van der Waals surface area contributed by atoms with E-state index in [1.54, 1.807) is 12.3 Å². The van der Waals surface area contributed by atoms with Crippen LogP contribution in [0, 0.1) is 0 Å². The molecule has 72 valence electrons. The third-order valence-electron chi connectivity index (χ3n) is 2.44. The molecule has 0 fully saturated rings. The quantitative estimate of drug-likeness (QED) is 0.661. The Morgan fingerprint density at radius 2 is 2.20 bits per heavy atom. The topological polar surface area (TPSA) is 51.0 Å². The first-order chi connectivity index (χ1) is 7.40. The van der Waals surface area contributed by atoms with Crippen molar-refractivity contribution in [2.45, 2.75) is 0 Å². The molecule has 1 heterocycles. The van der Waals surface area contributed by atoms with Crippen LogP contribution in [0.25, 0.3) is 18.0 Å². The maximum atomic E-state index is 10.3. The fourth-order valence-corrected chi connectivity index (χ4v) is 1.78. The third-order valence-corrected chi connectivity index (χ3v) is 2.44. The van der Waals surface area contributed by atoms with Crippen LogP contribution >= 0.6 is 0 Å². The maximum absolute atomic E-state index is 10.3. The summed E-state index contributed by atoms with van der Waals surface area (Å²) in [5.74, 6) is 0.560. The lowest BCUT2D eigenvalue weighted by Crippen LogP contribution is -2.12. The lowest BCUT2D eigenvalue weighted by Gasteiger charge is -1.97. The van der Waals surface area contributed by atoms with Crippen LogP contribution in [0.3, 0.4) is 0 Å². The number of nitrogens with zero attached hydrogens (tertiary/aromatic N) is 2. The van der Waals surface area contributed by atoms with Gasteiger partial charge in [0.25, 0.3) is 6.47 Å². The molecule has 15 heavy (non-hydrogen) atoms. The maximum Gasteiger partial charge on any atom is 0.298 e. The zero-order valence-electron chi connectivity index (χ0n) is 7.68. The molecule has 0 atom stereocenters. The number of ether oxygens (including phenoxy) is 1. The molecular weight excluding hydrogens is 192 g/mol. The first-order valence-corrected chi connectivity index (χ1v) is 4.47. The van der Waals surface area contributed by atoms with E-state index in [2.05, 4.69) is 10.2 Å². The van der Waals surface area contributed by atoms with Gasteiger partial charge in [0.1, 0.15) is 11.4 Å². The summed E-state index contributed by atoms with van der Waals surface area (Å²) >= 11 is 0. The molecule has 2 aliphatic rings. The van der Waals surface area contributed by atoms with Crippen LogP contribution in [0.2, 0.25) is 0 Å². The van der Waals surface area contributed by atoms with E-state index in [0.29, 0.717) is 12.2 Å². The lowest BCUT2D eigenvalue weighted by atomic mass is 10.1. The number of carbonyl (C=O) groups excluding carboxylic acids is 1. The van der Waals surface area contributed by atoms with Crippen LogP contribution < -0.4 is 10.4 Å². The van der Waals surface area contributed by atoms with Gasteiger partial charge in [-0.3, -0.25) is 4.79 Å². The van der Waals surface area contributed by atoms with Crippen LogP contribution in [0.4, 0.5) is 5.69 Å². The third kappa shape index (κ3) is 1.05. The highest BCUT2D eigenvalue weighted by atomic mass is 16.5. The number of benzene rings is 1. The molecular formula is C11H6N2O2. The van der Waals surface area contributed by atoms with Gasteiger partial charge in [0.05, 0.1) is 6.20 Å². The van der Waals surface area contributed by atoms with Gasteiger partial charge in [-0.15, -0.1) is 5.11 Å². The van der Waals surface area contributed by atoms with Gasteiger partial charge in [0.2, 0.25) is 0 Å². The molecule has 0 bridgehead atoms.